The summed E-state index contributed by atoms with van der Waals surface area (Å²) in [6, 6.07) is 8.77. The lowest BCUT2D eigenvalue weighted by Gasteiger charge is -2.07. The van der Waals surface area contributed by atoms with Gasteiger partial charge in [0.25, 0.3) is 0 Å². The molecule has 0 bridgehead atoms. The largest absolute Gasteiger partial charge is 0.215 e. The number of sulfonamides is 1. The van der Waals surface area contributed by atoms with Crippen LogP contribution in [-0.4, -0.2) is 27.0 Å². The molecule has 6 heteroatoms. The van der Waals surface area contributed by atoms with Crippen LogP contribution in [0.15, 0.2) is 24.3 Å². The van der Waals surface area contributed by atoms with Gasteiger partial charge in [-0.05, 0) is 36.5 Å². The number of benzene rings is 1. The third-order valence-electron chi connectivity index (χ3n) is 2.58. The third-order valence-corrected chi connectivity index (χ3v) is 4.61. The van der Waals surface area contributed by atoms with Crippen LogP contribution in [0.25, 0.3) is 0 Å². The maximum absolute atomic E-state index is 11.9. The first-order valence-corrected chi connectivity index (χ1v) is 9.08. The monoisotopic (exact) mass is 298 g/mol. The van der Waals surface area contributed by atoms with Gasteiger partial charge in [-0.3, -0.25) is 0 Å². The number of thioether (sulfide) groups is 1. The highest BCUT2D eigenvalue weighted by molar-refractivity contribution is 7.98. The van der Waals surface area contributed by atoms with Crippen molar-refractivity contribution in [1.29, 1.82) is 5.26 Å². The van der Waals surface area contributed by atoms with Gasteiger partial charge in [0.2, 0.25) is 10.0 Å². The lowest BCUT2D eigenvalue weighted by Crippen LogP contribution is -2.26. The molecule has 0 saturated heterocycles. The predicted octanol–water partition coefficient (Wildman–Crippen LogP) is 2.12. The lowest BCUT2D eigenvalue weighted by molar-refractivity contribution is 0.577. The van der Waals surface area contributed by atoms with Gasteiger partial charge in [0.05, 0.1) is 17.4 Å². The van der Waals surface area contributed by atoms with Gasteiger partial charge in [-0.2, -0.15) is 17.0 Å². The number of nitrogens with zero attached hydrogens (tertiary/aromatic N) is 1. The molecule has 0 amide bonds. The van der Waals surface area contributed by atoms with Crippen molar-refractivity contribution in [2.45, 2.75) is 18.6 Å². The number of nitriles is 1. The second-order valence-corrected chi connectivity index (χ2v) is 6.91. The Hall–Kier alpha value is -1.03. The van der Waals surface area contributed by atoms with Gasteiger partial charge in [-0.25, -0.2) is 13.1 Å². The number of hydrogen-bond donors (Lipinski definition) is 1. The predicted molar refractivity (Wildman–Crippen MR) is 79.4 cm³/mol. The van der Waals surface area contributed by atoms with E-state index in [2.05, 4.69) is 4.72 Å². The summed E-state index contributed by atoms with van der Waals surface area (Å²) >= 11 is 1.75. The Labute approximate surface area is 119 Å². The quantitative estimate of drug-likeness (QED) is 0.746. The maximum atomic E-state index is 11.9. The molecule has 0 spiro atoms. The Balaban J connectivity index is 2.53. The fourth-order valence-corrected chi connectivity index (χ4v) is 3.32. The van der Waals surface area contributed by atoms with E-state index in [9.17, 15) is 8.42 Å². The third kappa shape index (κ3) is 6.10. The van der Waals surface area contributed by atoms with Gasteiger partial charge in [0.1, 0.15) is 0 Å². The van der Waals surface area contributed by atoms with Crippen molar-refractivity contribution in [1.82, 2.24) is 4.72 Å². The fraction of sp³-hybridized carbons (Fsp3) is 0.462. The Morgan fingerprint density at radius 1 is 1.32 bits per heavy atom. The van der Waals surface area contributed by atoms with Gasteiger partial charge < -0.3 is 0 Å². The summed E-state index contributed by atoms with van der Waals surface area (Å²) in [5.41, 5.74) is 0.955. The Bertz CT molecular complexity index is 536. The van der Waals surface area contributed by atoms with E-state index < -0.39 is 10.0 Å². The van der Waals surface area contributed by atoms with E-state index in [1.807, 2.05) is 12.3 Å². The summed E-state index contributed by atoms with van der Waals surface area (Å²) in [5.74, 6) is 0.901. The van der Waals surface area contributed by atoms with Crippen LogP contribution in [0.3, 0.4) is 0 Å². The molecule has 19 heavy (non-hydrogen) atoms. The van der Waals surface area contributed by atoms with Crippen molar-refractivity contribution >= 4 is 21.8 Å². The van der Waals surface area contributed by atoms with E-state index in [0.717, 1.165) is 18.6 Å². The number of unbranched alkanes of at least 4 members (excludes halogenated alkanes) is 1. The SMILES string of the molecule is CSCCCCNS(=O)(=O)Cc1ccccc1C#N. The van der Waals surface area contributed by atoms with Crippen LogP contribution in [0, 0.1) is 11.3 Å². The molecule has 1 N–H and O–H groups in total. The summed E-state index contributed by atoms with van der Waals surface area (Å²) in [7, 11) is -3.36. The van der Waals surface area contributed by atoms with Gasteiger partial charge in [0, 0.05) is 6.54 Å². The summed E-state index contributed by atoms with van der Waals surface area (Å²) in [5, 5.41) is 8.92. The van der Waals surface area contributed by atoms with Crippen LogP contribution in [0.2, 0.25) is 0 Å². The zero-order valence-corrected chi connectivity index (χ0v) is 12.6. The maximum Gasteiger partial charge on any atom is 0.215 e. The first-order chi connectivity index (χ1) is 9.09. The molecule has 0 aliphatic heterocycles. The summed E-state index contributed by atoms with van der Waals surface area (Å²) < 4.78 is 26.3. The van der Waals surface area contributed by atoms with E-state index in [1.165, 1.54) is 0 Å². The van der Waals surface area contributed by atoms with Crippen molar-refractivity contribution in [2.24, 2.45) is 0 Å². The zero-order chi connectivity index (χ0) is 14.1. The van der Waals surface area contributed by atoms with Crippen molar-refractivity contribution in [3.8, 4) is 6.07 Å². The topological polar surface area (TPSA) is 70.0 Å². The van der Waals surface area contributed by atoms with Crippen molar-refractivity contribution in [3.63, 3.8) is 0 Å². The van der Waals surface area contributed by atoms with E-state index in [-0.39, 0.29) is 5.75 Å². The first-order valence-electron chi connectivity index (χ1n) is 6.03. The minimum Gasteiger partial charge on any atom is -0.215 e. The summed E-state index contributed by atoms with van der Waals surface area (Å²) in [6.07, 6.45) is 3.86. The smallest absolute Gasteiger partial charge is 0.215 e. The average molecular weight is 298 g/mol. The van der Waals surface area contributed by atoms with Crippen molar-refractivity contribution in [2.75, 3.05) is 18.6 Å². The normalized spacial score (nSPS) is 11.2. The molecule has 0 unspecified atom stereocenters. The highest BCUT2D eigenvalue weighted by Crippen LogP contribution is 2.11. The van der Waals surface area contributed by atoms with Crippen molar-refractivity contribution < 1.29 is 8.42 Å². The summed E-state index contributed by atoms with van der Waals surface area (Å²) in [4.78, 5) is 0. The van der Waals surface area contributed by atoms with E-state index >= 15 is 0 Å². The molecule has 0 fully saturated rings. The van der Waals surface area contributed by atoms with E-state index in [1.54, 1.807) is 36.0 Å². The van der Waals surface area contributed by atoms with Crippen LogP contribution < -0.4 is 4.72 Å². The molecule has 0 saturated carbocycles. The molecular weight excluding hydrogens is 280 g/mol. The van der Waals surface area contributed by atoms with Gasteiger partial charge in [-0.15, -0.1) is 0 Å². The zero-order valence-electron chi connectivity index (χ0n) is 10.9. The van der Waals surface area contributed by atoms with Crippen LogP contribution in [0.1, 0.15) is 24.0 Å². The number of nitrogens with one attached hydrogen (secondary N) is 1. The van der Waals surface area contributed by atoms with Crippen LogP contribution in [0.5, 0.6) is 0 Å². The van der Waals surface area contributed by atoms with E-state index in [4.69, 9.17) is 5.26 Å². The van der Waals surface area contributed by atoms with Crippen LogP contribution in [0.4, 0.5) is 0 Å². The van der Waals surface area contributed by atoms with Gasteiger partial charge in [-0.1, -0.05) is 18.2 Å². The summed E-state index contributed by atoms with van der Waals surface area (Å²) in [6.45, 7) is 0.456. The lowest BCUT2D eigenvalue weighted by atomic mass is 10.1. The van der Waals surface area contributed by atoms with Crippen molar-refractivity contribution in [3.05, 3.63) is 35.4 Å². The molecule has 0 atom stereocenters. The molecule has 1 rings (SSSR count). The molecule has 0 aromatic heterocycles. The van der Waals surface area contributed by atoms with Crippen LogP contribution in [-0.2, 0) is 15.8 Å². The molecule has 1 aromatic carbocycles. The standard InChI is InChI=1S/C13H18N2O2S2/c1-18-9-5-4-8-15-19(16,17)11-13-7-3-2-6-12(13)10-14/h2-3,6-7,15H,4-5,8-9,11H2,1H3. The Morgan fingerprint density at radius 3 is 2.74 bits per heavy atom. The molecule has 4 nitrogen and oxygen atoms in total. The molecule has 0 aliphatic carbocycles. The second kappa shape index (κ2) is 8.20. The molecule has 1 aromatic rings. The molecule has 0 radical (unpaired) electrons. The minimum absolute atomic E-state index is 0.140. The van der Waals surface area contributed by atoms with Gasteiger partial charge >= 0.3 is 0 Å². The first kappa shape index (κ1) is 16.0. The Kier molecular flexibility index (Phi) is 6.92. The number of hydrogen-bond acceptors (Lipinski definition) is 4. The van der Waals surface area contributed by atoms with Gasteiger partial charge in [0.15, 0.2) is 0 Å². The van der Waals surface area contributed by atoms with E-state index in [0.29, 0.717) is 17.7 Å². The average Bonchev–Trinajstić information content (AvgIpc) is 2.38. The molecular formula is C13H18N2O2S2. The fourth-order valence-electron chi connectivity index (χ4n) is 1.61. The molecule has 0 aliphatic rings. The minimum atomic E-state index is -3.36. The highest BCUT2D eigenvalue weighted by Gasteiger charge is 2.13. The molecule has 104 valence electrons. The highest BCUT2D eigenvalue weighted by atomic mass is 32.2. The Morgan fingerprint density at radius 2 is 2.05 bits per heavy atom. The second-order valence-electron chi connectivity index (χ2n) is 4.12. The molecule has 0 heterocycles. The van der Waals surface area contributed by atoms with Crippen LogP contribution >= 0.6 is 11.8 Å². The number of rotatable bonds is 8.